The topological polar surface area (TPSA) is 49.4 Å². The maximum Gasteiger partial charge on any atom is 0.258 e. The number of hydrogen-bond donors (Lipinski definition) is 1. The number of hydrogen-bond acceptors (Lipinski definition) is 2. The van der Waals surface area contributed by atoms with Crippen molar-refractivity contribution in [1.29, 1.82) is 0 Å². The molecule has 29 heavy (non-hydrogen) atoms. The fourth-order valence-electron chi connectivity index (χ4n) is 3.84. The molecule has 0 radical (unpaired) electrons. The minimum Gasteiger partial charge on any atom is -0.326 e. The van der Waals surface area contributed by atoms with E-state index in [0.717, 1.165) is 40.9 Å². The second-order valence-electron chi connectivity index (χ2n) is 7.48. The van der Waals surface area contributed by atoms with Crippen LogP contribution in [0.2, 0.25) is 0 Å². The largest absolute Gasteiger partial charge is 0.326 e. The Labute approximate surface area is 171 Å². The van der Waals surface area contributed by atoms with E-state index in [4.69, 9.17) is 0 Å². The Morgan fingerprint density at radius 3 is 2.59 bits per heavy atom. The van der Waals surface area contributed by atoms with Gasteiger partial charge in [0.25, 0.3) is 5.91 Å². The van der Waals surface area contributed by atoms with E-state index in [0.29, 0.717) is 18.5 Å². The summed E-state index contributed by atoms with van der Waals surface area (Å²) in [6, 6.07) is 23.2. The van der Waals surface area contributed by atoms with Crippen LogP contribution >= 0.6 is 0 Å². The molecule has 1 heterocycles. The molecule has 4 heteroatoms. The molecule has 3 aromatic rings. The van der Waals surface area contributed by atoms with Crippen LogP contribution < -0.4 is 10.2 Å². The zero-order valence-corrected chi connectivity index (χ0v) is 16.5. The summed E-state index contributed by atoms with van der Waals surface area (Å²) in [7, 11) is 0. The van der Waals surface area contributed by atoms with Gasteiger partial charge in [-0.15, -0.1) is 0 Å². The lowest BCUT2D eigenvalue weighted by molar-refractivity contribution is -0.115. The van der Waals surface area contributed by atoms with Crippen molar-refractivity contribution in [2.75, 3.05) is 16.8 Å². The van der Waals surface area contributed by atoms with Crippen molar-refractivity contribution < 1.29 is 9.59 Å². The van der Waals surface area contributed by atoms with Crippen molar-refractivity contribution in [2.45, 2.75) is 26.2 Å². The molecular weight excluding hydrogens is 360 g/mol. The lowest BCUT2D eigenvalue weighted by atomic mass is 10.00. The molecule has 0 spiro atoms. The molecule has 0 bridgehead atoms. The van der Waals surface area contributed by atoms with Gasteiger partial charge in [0, 0.05) is 23.5 Å². The number of anilines is 2. The number of nitrogens with one attached hydrogen (secondary N) is 1. The summed E-state index contributed by atoms with van der Waals surface area (Å²) in [6.07, 6.45) is 2.15. The van der Waals surface area contributed by atoms with Crippen LogP contribution in [-0.2, 0) is 17.6 Å². The van der Waals surface area contributed by atoms with Gasteiger partial charge in [0.05, 0.1) is 6.42 Å². The Morgan fingerprint density at radius 2 is 1.79 bits per heavy atom. The minimum atomic E-state index is -0.0384. The lowest BCUT2D eigenvalue weighted by Crippen LogP contribution is -2.35. The molecule has 0 unspecified atom stereocenters. The molecule has 1 N–H and O–H groups in total. The molecule has 0 saturated heterocycles. The van der Waals surface area contributed by atoms with Crippen molar-refractivity contribution in [3.05, 3.63) is 95.1 Å². The highest BCUT2D eigenvalue weighted by molar-refractivity contribution is 6.07. The summed E-state index contributed by atoms with van der Waals surface area (Å²) < 4.78 is 0. The average molecular weight is 384 g/mol. The van der Waals surface area contributed by atoms with E-state index < -0.39 is 0 Å². The highest BCUT2D eigenvalue weighted by Gasteiger charge is 2.23. The standard InChI is InChI=1S/C25H24N2O2/c1-18-7-5-8-19(15-18)16-24(28)26-22-12-13-23-21(17-22)11-6-14-27(23)25(29)20-9-3-2-4-10-20/h2-5,7-10,12-13,15,17H,6,11,14,16H2,1H3,(H,26,28). The Balaban J connectivity index is 1.49. The number of benzene rings is 3. The molecule has 1 aliphatic heterocycles. The van der Waals surface area contributed by atoms with E-state index in [1.165, 1.54) is 0 Å². The second kappa shape index (κ2) is 8.31. The van der Waals surface area contributed by atoms with Gasteiger partial charge in [-0.05, 0) is 61.2 Å². The smallest absolute Gasteiger partial charge is 0.258 e. The number of fused-ring (bicyclic) bond motifs is 1. The minimum absolute atomic E-state index is 0.0165. The fourth-order valence-corrected chi connectivity index (χ4v) is 3.84. The SMILES string of the molecule is Cc1cccc(CC(=O)Nc2ccc3c(c2)CCCN3C(=O)c2ccccc2)c1. The molecule has 4 rings (SSSR count). The number of nitrogens with zero attached hydrogens (tertiary/aromatic N) is 1. The summed E-state index contributed by atoms with van der Waals surface area (Å²) in [5.41, 5.74) is 5.63. The normalized spacial score (nSPS) is 12.9. The number of carbonyl (C=O) groups is 2. The first-order valence-electron chi connectivity index (χ1n) is 9.95. The van der Waals surface area contributed by atoms with Gasteiger partial charge in [0.1, 0.15) is 0 Å². The Hall–Kier alpha value is -3.40. The number of carbonyl (C=O) groups excluding carboxylic acids is 2. The summed E-state index contributed by atoms with van der Waals surface area (Å²) >= 11 is 0. The van der Waals surface area contributed by atoms with Gasteiger partial charge in [-0.2, -0.15) is 0 Å². The average Bonchev–Trinajstić information content (AvgIpc) is 2.73. The number of rotatable bonds is 4. The summed E-state index contributed by atoms with van der Waals surface area (Å²) in [4.78, 5) is 27.2. The molecule has 146 valence electrons. The number of amides is 2. The van der Waals surface area contributed by atoms with Crippen molar-refractivity contribution >= 4 is 23.2 Å². The van der Waals surface area contributed by atoms with Crippen molar-refractivity contribution in [3.8, 4) is 0 Å². The van der Waals surface area contributed by atoms with Crippen LogP contribution in [0.5, 0.6) is 0 Å². The quantitative estimate of drug-likeness (QED) is 0.704. The Kier molecular flexibility index (Phi) is 5.43. The second-order valence-corrected chi connectivity index (χ2v) is 7.48. The first kappa shape index (κ1) is 18.9. The van der Waals surface area contributed by atoms with Crippen LogP contribution in [0.25, 0.3) is 0 Å². The molecule has 0 fully saturated rings. The van der Waals surface area contributed by atoms with Gasteiger partial charge < -0.3 is 10.2 Å². The Bertz CT molecular complexity index is 1040. The first-order chi connectivity index (χ1) is 14.1. The van der Waals surface area contributed by atoms with Crippen molar-refractivity contribution in [3.63, 3.8) is 0 Å². The van der Waals surface area contributed by atoms with Crippen LogP contribution in [0.15, 0.2) is 72.8 Å². The third-order valence-electron chi connectivity index (χ3n) is 5.19. The third-order valence-corrected chi connectivity index (χ3v) is 5.19. The van der Waals surface area contributed by atoms with Crippen LogP contribution in [-0.4, -0.2) is 18.4 Å². The third kappa shape index (κ3) is 4.37. The van der Waals surface area contributed by atoms with Crippen LogP contribution in [0, 0.1) is 6.92 Å². The van der Waals surface area contributed by atoms with Gasteiger partial charge in [0.15, 0.2) is 0 Å². The molecular formula is C25H24N2O2. The predicted molar refractivity (Wildman–Crippen MR) is 116 cm³/mol. The van der Waals surface area contributed by atoms with E-state index in [1.54, 1.807) is 0 Å². The van der Waals surface area contributed by atoms with Gasteiger partial charge >= 0.3 is 0 Å². The number of aryl methyl sites for hydroxylation is 2. The van der Waals surface area contributed by atoms with Gasteiger partial charge in [-0.25, -0.2) is 0 Å². The zero-order chi connectivity index (χ0) is 20.2. The Morgan fingerprint density at radius 1 is 0.966 bits per heavy atom. The van der Waals surface area contributed by atoms with Crippen LogP contribution in [0.4, 0.5) is 11.4 Å². The van der Waals surface area contributed by atoms with E-state index >= 15 is 0 Å². The maximum atomic E-state index is 12.9. The molecule has 0 aromatic heterocycles. The van der Waals surface area contributed by atoms with E-state index in [2.05, 4.69) is 5.32 Å². The molecule has 0 saturated carbocycles. The predicted octanol–water partition coefficient (Wildman–Crippen LogP) is 4.77. The lowest BCUT2D eigenvalue weighted by Gasteiger charge is -2.30. The molecule has 4 nitrogen and oxygen atoms in total. The van der Waals surface area contributed by atoms with Crippen LogP contribution in [0.3, 0.4) is 0 Å². The van der Waals surface area contributed by atoms with Crippen molar-refractivity contribution in [1.82, 2.24) is 0 Å². The zero-order valence-electron chi connectivity index (χ0n) is 16.5. The highest BCUT2D eigenvalue weighted by atomic mass is 16.2. The highest BCUT2D eigenvalue weighted by Crippen LogP contribution is 2.31. The first-order valence-corrected chi connectivity index (χ1v) is 9.95. The van der Waals surface area contributed by atoms with Crippen LogP contribution in [0.1, 0.15) is 33.5 Å². The summed E-state index contributed by atoms with van der Waals surface area (Å²) in [5.74, 6) is -0.0219. The van der Waals surface area contributed by atoms with Gasteiger partial charge in [-0.3, -0.25) is 9.59 Å². The van der Waals surface area contributed by atoms with E-state index in [-0.39, 0.29) is 11.8 Å². The molecule has 0 aliphatic carbocycles. The van der Waals surface area contributed by atoms with E-state index in [1.807, 2.05) is 84.6 Å². The maximum absolute atomic E-state index is 12.9. The molecule has 3 aromatic carbocycles. The molecule has 2 amide bonds. The monoisotopic (exact) mass is 384 g/mol. The van der Waals surface area contributed by atoms with Gasteiger partial charge in [0.2, 0.25) is 5.91 Å². The molecule has 1 aliphatic rings. The van der Waals surface area contributed by atoms with Gasteiger partial charge in [-0.1, -0.05) is 48.0 Å². The summed E-state index contributed by atoms with van der Waals surface area (Å²) in [6.45, 7) is 2.73. The van der Waals surface area contributed by atoms with E-state index in [9.17, 15) is 9.59 Å². The van der Waals surface area contributed by atoms with Crippen molar-refractivity contribution in [2.24, 2.45) is 0 Å². The molecule has 0 atom stereocenters. The fraction of sp³-hybridized carbons (Fsp3) is 0.200. The summed E-state index contributed by atoms with van der Waals surface area (Å²) in [5, 5.41) is 2.99.